The molecule has 0 radical (unpaired) electrons. The lowest BCUT2D eigenvalue weighted by Crippen LogP contribution is -2.42. The summed E-state index contributed by atoms with van der Waals surface area (Å²) in [5, 5.41) is 8.99. The van der Waals surface area contributed by atoms with Gasteiger partial charge in [-0.25, -0.2) is 0 Å². The third-order valence-electron chi connectivity index (χ3n) is 4.38. The van der Waals surface area contributed by atoms with Gasteiger partial charge >= 0.3 is 0 Å². The molecule has 0 saturated heterocycles. The molecule has 0 aromatic heterocycles. The number of amidine groups is 1. The van der Waals surface area contributed by atoms with Crippen molar-refractivity contribution >= 4 is 17.4 Å². The fourth-order valence-corrected chi connectivity index (χ4v) is 2.81. The fourth-order valence-electron chi connectivity index (χ4n) is 2.81. The van der Waals surface area contributed by atoms with E-state index in [9.17, 15) is 4.79 Å². The van der Waals surface area contributed by atoms with E-state index in [0.29, 0.717) is 19.0 Å². The van der Waals surface area contributed by atoms with Crippen LogP contribution in [-0.4, -0.2) is 18.3 Å². The number of benzene rings is 2. The zero-order valence-electron chi connectivity index (χ0n) is 16.3. The van der Waals surface area contributed by atoms with E-state index in [1.807, 2.05) is 68.4 Å². The second kappa shape index (κ2) is 9.08. The number of hydrazone groups is 1. The number of hydrogen-bond acceptors (Lipinski definition) is 5. The molecule has 0 fully saturated rings. The molecule has 1 aliphatic heterocycles. The molecule has 28 heavy (non-hydrogen) atoms. The molecule has 1 aliphatic rings. The maximum atomic E-state index is 12.7. The van der Waals surface area contributed by atoms with Crippen LogP contribution in [0.2, 0.25) is 0 Å². The first-order valence-electron chi connectivity index (χ1n) is 9.45. The van der Waals surface area contributed by atoms with Gasteiger partial charge < -0.3 is 15.8 Å². The number of nitrogens with two attached hydrogens (primary N) is 1. The molecule has 1 atom stereocenters. The number of rotatable bonds is 7. The molecule has 6 heteroatoms. The van der Waals surface area contributed by atoms with Gasteiger partial charge in [0.05, 0.1) is 12.3 Å². The summed E-state index contributed by atoms with van der Waals surface area (Å²) < 4.78 is 5.85. The molecule has 6 nitrogen and oxygen atoms in total. The van der Waals surface area contributed by atoms with Gasteiger partial charge in [-0.2, -0.15) is 10.1 Å². The van der Waals surface area contributed by atoms with Crippen molar-refractivity contribution in [1.82, 2.24) is 5.32 Å². The molecular formula is C22H26N4O2. The molecule has 0 spiro atoms. The van der Waals surface area contributed by atoms with Crippen LogP contribution in [0.5, 0.6) is 0 Å². The first-order chi connectivity index (χ1) is 13.6. The van der Waals surface area contributed by atoms with E-state index < -0.39 is 5.92 Å². The number of carbonyl (C=O) groups is 1. The minimum Gasteiger partial charge on any atom is -0.478 e. The highest BCUT2D eigenvalue weighted by atomic mass is 16.5. The van der Waals surface area contributed by atoms with E-state index in [2.05, 4.69) is 10.4 Å². The van der Waals surface area contributed by atoms with E-state index in [1.165, 1.54) is 5.56 Å². The minimum atomic E-state index is -0.669. The predicted molar refractivity (Wildman–Crippen MR) is 111 cm³/mol. The van der Waals surface area contributed by atoms with Crippen LogP contribution in [0, 0.1) is 12.8 Å². The van der Waals surface area contributed by atoms with Gasteiger partial charge in [-0.05, 0) is 37.1 Å². The molecule has 1 heterocycles. The lowest BCUT2D eigenvalue weighted by molar-refractivity contribution is -0.122. The molecule has 2 aromatic rings. The van der Waals surface area contributed by atoms with Crippen LogP contribution in [0.3, 0.4) is 0 Å². The van der Waals surface area contributed by atoms with Crippen molar-refractivity contribution in [1.29, 1.82) is 0 Å². The number of hydrogen-bond donors (Lipinski definition) is 2. The maximum Gasteiger partial charge on any atom is 0.235 e. The van der Waals surface area contributed by atoms with Crippen molar-refractivity contribution in [2.75, 3.05) is 11.6 Å². The molecule has 3 rings (SSSR count). The third-order valence-corrected chi connectivity index (χ3v) is 4.38. The summed E-state index contributed by atoms with van der Waals surface area (Å²) in [6.07, 6.45) is 2.58. The van der Waals surface area contributed by atoms with Crippen LogP contribution < -0.4 is 16.1 Å². The van der Waals surface area contributed by atoms with Gasteiger partial charge in [-0.3, -0.25) is 4.79 Å². The quantitative estimate of drug-likeness (QED) is 0.775. The Balaban J connectivity index is 1.75. The Morgan fingerprint density at radius 3 is 2.57 bits per heavy atom. The number of para-hydroxylation sites is 1. The SMILES string of the molecule is CCCOC1=CC(C(=O)NCc2ccc(C)cc2)C(N)=NN1c1ccccc1. The molecule has 3 N–H and O–H groups in total. The van der Waals surface area contributed by atoms with Crippen LogP contribution in [0.25, 0.3) is 0 Å². The molecular weight excluding hydrogens is 352 g/mol. The van der Waals surface area contributed by atoms with Crippen LogP contribution in [-0.2, 0) is 16.1 Å². The normalized spacial score (nSPS) is 16.2. The third kappa shape index (κ3) is 4.71. The summed E-state index contributed by atoms with van der Waals surface area (Å²) in [6, 6.07) is 17.6. The Morgan fingerprint density at radius 2 is 1.89 bits per heavy atom. The van der Waals surface area contributed by atoms with Gasteiger partial charge in [0.2, 0.25) is 11.8 Å². The summed E-state index contributed by atoms with van der Waals surface area (Å²) in [5.41, 5.74) is 9.17. The van der Waals surface area contributed by atoms with Gasteiger partial charge in [0, 0.05) is 6.54 Å². The summed E-state index contributed by atoms with van der Waals surface area (Å²) in [6.45, 7) is 5.02. The van der Waals surface area contributed by atoms with Crippen molar-refractivity contribution < 1.29 is 9.53 Å². The Morgan fingerprint density at radius 1 is 1.18 bits per heavy atom. The van der Waals surface area contributed by atoms with Crippen LogP contribution >= 0.6 is 0 Å². The lowest BCUT2D eigenvalue weighted by Gasteiger charge is -2.28. The second-order valence-corrected chi connectivity index (χ2v) is 6.71. The minimum absolute atomic E-state index is 0.202. The van der Waals surface area contributed by atoms with Gasteiger partial charge in [0.1, 0.15) is 11.8 Å². The number of anilines is 1. The second-order valence-electron chi connectivity index (χ2n) is 6.71. The highest BCUT2D eigenvalue weighted by Crippen LogP contribution is 2.25. The summed E-state index contributed by atoms with van der Waals surface area (Å²) in [7, 11) is 0. The van der Waals surface area contributed by atoms with E-state index in [1.54, 1.807) is 11.1 Å². The zero-order chi connectivity index (χ0) is 19.9. The van der Waals surface area contributed by atoms with Gasteiger partial charge in [-0.1, -0.05) is 55.0 Å². The number of ether oxygens (including phenoxy) is 1. The molecule has 0 saturated carbocycles. The van der Waals surface area contributed by atoms with Gasteiger partial charge in [0.15, 0.2) is 0 Å². The van der Waals surface area contributed by atoms with Crippen LogP contribution in [0.4, 0.5) is 5.69 Å². The van der Waals surface area contributed by atoms with E-state index in [4.69, 9.17) is 10.5 Å². The summed E-state index contributed by atoms with van der Waals surface area (Å²) in [5.74, 6) is -0.128. The Hall–Kier alpha value is -3.28. The summed E-state index contributed by atoms with van der Waals surface area (Å²) in [4.78, 5) is 12.7. The number of carbonyl (C=O) groups excluding carboxylic acids is 1. The Kier molecular flexibility index (Phi) is 6.32. The highest BCUT2D eigenvalue weighted by Gasteiger charge is 2.29. The zero-order valence-corrected chi connectivity index (χ0v) is 16.3. The molecule has 0 bridgehead atoms. The fraction of sp³-hybridized carbons (Fsp3) is 0.273. The number of aryl methyl sites for hydroxylation is 1. The van der Waals surface area contributed by atoms with Gasteiger partial charge in [-0.15, -0.1) is 0 Å². The molecule has 2 aromatic carbocycles. The number of amides is 1. The predicted octanol–water partition coefficient (Wildman–Crippen LogP) is 3.29. The summed E-state index contributed by atoms with van der Waals surface area (Å²) >= 11 is 0. The average Bonchev–Trinajstić information content (AvgIpc) is 2.72. The van der Waals surface area contributed by atoms with Crippen molar-refractivity contribution in [2.45, 2.75) is 26.8 Å². The Bertz CT molecular complexity index is 860. The molecule has 0 aliphatic carbocycles. The first kappa shape index (κ1) is 19.5. The molecule has 1 amide bonds. The molecule has 146 valence electrons. The van der Waals surface area contributed by atoms with Crippen molar-refractivity contribution in [2.24, 2.45) is 16.8 Å². The average molecular weight is 378 g/mol. The standard InChI is InChI=1S/C22H26N4O2/c1-3-13-28-20-14-19(21(23)25-26(20)18-7-5-4-6-8-18)22(27)24-15-17-11-9-16(2)10-12-17/h4-12,14,19H,3,13,15H2,1-2H3,(H2,23,25)(H,24,27). The van der Waals surface area contributed by atoms with Crippen molar-refractivity contribution in [3.8, 4) is 0 Å². The van der Waals surface area contributed by atoms with Crippen molar-refractivity contribution in [3.63, 3.8) is 0 Å². The monoisotopic (exact) mass is 378 g/mol. The van der Waals surface area contributed by atoms with Crippen molar-refractivity contribution in [3.05, 3.63) is 77.7 Å². The largest absolute Gasteiger partial charge is 0.478 e. The van der Waals surface area contributed by atoms with Crippen LogP contribution in [0.1, 0.15) is 24.5 Å². The lowest BCUT2D eigenvalue weighted by atomic mass is 10.1. The first-order valence-corrected chi connectivity index (χ1v) is 9.45. The number of nitrogens with zero attached hydrogens (tertiary/aromatic N) is 2. The molecule has 1 unspecified atom stereocenters. The van der Waals surface area contributed by atoms with E-state index >= 15 is 0 Å². The smallest absolute Gasteiger partial charge is 0.235 e. The van der Waals surface area contributed by atoms with Gasteiger partial charge in [0.25, 0.3) is 0 Å². The van der Waals surface area contributed by atoms with E-state index in [0.717, 1.165) is 17.7 Å². The van der Waals surface area contributed by atoms with Crippen LogP contribution in [0.15, 0.2) is 71.7 Å². The number of nitrogens with one attached hydrogen (secondary N) is 1. The highest BCUT2D eigenvalue weighted by molar-refractivity contribution is 6.05. The van der Waals surface area contributed by atoms with E-state index in [-0.39, 0.29) is 11.7 Å². The Labute approximate surface area is 165 Å². The maximum absolute atomic E-state index is 12.7. The topological polar surface area (TPSA) is 79.9 Å².